The topological polar surface area (TPSA) is 0 Å². The summed E-state index contributed by atoms with van der Waals surface area (Å²) in [7, 11) is 0. The van der Waals surface area contributed by atoms with E-state index in [1.54, 1.807) is 0 Å². The molecule has 4 rings (SSSR count). The van der Waals surface area contributed by atoms with Crippen LogP contribution in [0.25, 0.3) is 21.7 Å². The first-order chi connectivity index (χ1) is 7.93. The molecule has 1 heteroatoms. The molecule has 2 aliphatic rings. The number of fused-ring (bicyclic) bond motifs is 5. The fourth-order valence-corrected chi connectivity index (χ4v) is 3.76. The molecule has 76 valence electrons. The largest absolute Gasteiger partial charge is 0.135 e. The van der Waals surface area contributed by atoms with Gasteiger partial charge < -0.3 is 0 Å². The average molecular weight is 222 g/mol. The predicted octanol–water partition coefficient (Wildman–Crippen LogP) is 4.64. The summed E-state index contributed by atoms with van der Waals surface area (Å²) < 4.78 is 1.40. The van der Waals surface area contributed by atoms with Gasteiger partial charge in [-0.05, 0) is 29.7 Å². The van der Waals surface area contributed by atoms with Gasteiger partial charge in [0.1, 0.15) is 0 Å². The van der Waals surface area contributed by atoms with Gasteiger partial charge in [-0.15, -0.1) is 11.3 Å². The SMILES string of the molecule is C1=CCC2=Cc3c(sc4ccccc34)C2=C1. The molecule has 0 bridgehead atoms. The van der Waals surface area contributed by atoms with E-state index in [1.807, 2.05) is 11.3 Å². The Morgan fingerprint density at radius 1 is 1.12 bits per heavy atom. The molecule has 0 unspecified atom stereocenters. The van der Waals surface area contributed by atoms with Gasteiger partial charge in [-0.3, -0.25) is 0 Å². The van der Waals surface area contributed by atoms with Crippen LogP contribution in [0.1, 0.15) is 16.9 Å². The highest BCUT2D eigenvalue weighted by Crippen LogP contribution is 2.46. The van der Waals surface area contributed by atoms with Gasteiger partial charge in [0.25, 0.3) is 0 Å². The summed E-state index contributed by atoms with van der Waals surface area (Å²) >= 11 is 1.92. The van der Waals surface area contributed by atoms with Crippen molar-refractivity contribution < 1.29 is 0 Å². The van der Waals surface area contributed by atoms with Gasteiger partial charge >= 0.3 is 0 Å². The average Bonchev–Trinajstić information content (AvgIpc) is 2.85. The Kier molecular flexibility index (Phi) is 1.58. The summed E-state index contributed by atoms with van der Waals surface area (Å²) in [6.07, 6.45) is 10.1. The monoisotopic (exact) mass is 222 g/mol. The van der Waals surface area contributed by atoms with E-state index in [4.69, 9.17) is 0 Å². The first-order valence-electron chi connectivity index (χ1n) is 5.53. The van der Waals surface area contributed by atoms with Crippen LogP contribution in [-0.4, -0.2) is 0 Å². The number of hydrogen-bond acceptors (Lipinski definition) is 1. The van der Waals surface area contributed by atoms with Gasteiger partial charge in [-0.2, -0.15) is 0 Å². The Morgan fingerprint density at radius 3 is 3.06 bits per heavy atom. The lowest BCUT2D eigenvalue weighted by molar-refractivity contribution is 1.31. The Morgan fingerprint density at radius 2 is 2.06 bits per heavy atom. The summed E-state index contributed by atoms with van der Waals surface area (Å²) in [5, 5.41) is 1.41. The highest BCUT2D eigenvalue weighted by atomic mass is 32.1. The minimum Gasteiger partial charge on any atom is -0.135 e. The summed E-state index contributed by atoms with van der Waals surface area (Å²) in [4.78, 5) is 1.46. The second-order valence-electron chi connectivity index (χ2n) is 4.22. The van der Waals surface area contributed by atoms with Crippen LogP contribution in [0, 0.1) is 0 Å². The molecule has 1 aromatic carbocycles. The maximum absolute atomic E-state index is 2.36. The first-order valence-corrected chi connectivity index (χ1v) is 6.35. The number of thiophene rings is 1. The number of benzene rings is 1. The van der Waals surface area contributed by atoms with Crippen LogP contribution in [-0.2, 0) is 0 Å². The molecule has 0 saturated carbocycles. The lowest BCUT2D eigenvalue weighted by Crippen LogP contribution is -1.84. The molecule has 1 heterocycles. The normalized spacial score (nSPS) is 17.0. The molecule has 0 atom stereocenters. The summed E-state index contributed by atoms with van der Waals surface area (Å²) in [6.45, 7) is 0. The van der Waals surface area contributed by atoms with Crippen molar-refractivity contribution in [1.29, 1.82) is 0 Å². The van der Waals surface area contributed by atoms with E-state index in [0.29, 0.717) is 0 Å². The maximum atomic E-state index is 2.36. The first kappa shape index (κ1) is 8.54. The van der Waals surface area contributed by atoms with Crippen molar-refractivity contribution in [2.45, 2.75) is 6.42 Å². The molecule has 0 amide bonds. The molecular weight excluding hydrogens is 212 g/mol. The molecule has 16 heavy (non-hydrogen) atoms. The van der Waals surface area contributed by atoms with E-state index in [-0.39, 0.29) is 0 Å². The summed E-state index contributed by atoms with van der Waals surface area (Å²) in [5.41, 5.74) is 4.36. The van der Waals surface area contributed by atoms with Crippen molar-refractivity contribution in [1.82, 2.24) is 0 Å². The number of allylic oxidation sites excluding steroid dienone is 5. The predicted molar refractivity (Wildman–Crippen MR) is 71.5 cm³/mol. The Hall–Kier alpha value is -1.60. The van der Waals surface area contributed by atoms with Crippen molar-refractivity contribution in [3.05, 3.63) is 58.5 Å². The second kappa shape index (κ2) is 2.96. The molecule has 0 radical (unpaired) electrons. The van der Waals surface area contributed by atoms with Crippen LogP contribution in [0.4, 0.5) is 0 Å². The molecule has 0 fully saturated rings. The third kappa shape index (κ3) is 0.987. The quantitative estimate of drug-likeness (QED) is 0.609. The van der Waals surface area contributed by atoms with E-state index in [2.05, 4.69) is 48.6 Å². The van der Waals surface area contributed by atoms with Crippen LogP contribution in [0.5, 0.6) is 0 Å². The van der Waals surface area contributed by atoms with E-state index in [9.17, 15) is 0 Å². The van der Waals surface area contributed by atoms with Gasteiger partial charge in [-0.1, -0.05) is 36.4 Å². The zero-order chi connectivity index (χ0) is 10.5. The van der Waals surface area contributed by atoms with Crippen LogP contribution in [0.2, 0.25) is 0 Å². The zero-order valence-corrected chi connectivity index (χ0v) is 9.55. The third-order valence-corrected chi connectivity index (χ3v) is 4.50. The Balaban J connectivity index is 2.10. The lowest BCUT2D eigenvalue weighted by Gasteiger charge is -2.05. The highest BCUT2D eigenvalue weighted by molar-refractivity contribution is 7.20. The van der Waals surface area contributed by atoms with E-state index in [1.165, 1.54) is 31.7 Å². The fourth-order valence-electron chi connectivity index (χ4n) is 2.52. The molecule has 0 nitrogen and oxygen atoms in total. The standard InChI is InChI=1S/C15H10S/c1-2-6-11-10(5-1)9-13-12-7-3-4-8-14(12)16-15(11)13/h1-4,6-9H,5H2. The Labute approximate surface area is 98.2 Å². The smallest absolute Gasteiger partial charge is 0.0430 e. The van der Waals surface area contributed by atoms with Crippen LogP contribution < -0.4 is 0 Å². The van der Waals surface area contributed by atoms with Crippen molar-refractivity contribution in [3.8, 4) is 0 Å². The van der Waals surface area contributed by atoms with Gasteiger partial charge in [-0.25, -0.2) is 0 Å². The van der Waals surface area contributed by atoms with Gasteiger partial charge in [0.2, 0.25) is 0 Å². The van der Waals surface area contributed by atoms with Crippen molar-refractivity contribution in [2.24, 2.45) is 0 Å². The van der Waals surface area contributed by atoms with Crippen molar-refractivity contribution in [2.75, 3.05) is 0 Å². The molecular formula is C15H10S. The van der Waals surface area contributed by atoms with E-state index in [0.717, 1.165) is 6.42 Å². The fraction of sp³-hybridized carbons (Fsp3) is 0.0667. The number of hydrogen-bond donors (Lipinski definition) is 0. The molecule has 2 aromatic rings. The molecule has 1 aromatic heterocycles. The molecule has 2 aliphatic carbocycles. The van der Waals surface area contributed by atoms with Crippen LogP contribution in [0.3, 0.4) is 0 Å². The maximum Gasteiger partial charge on any atom is 0.0430 e. The van der Waals surface area contributed by atoms with Gasteiger partial charge in [0, 0.05) is 20.5 Å². The summed E-state index contributed by atoms with van der Waals surface area (Å²) in [6, 6.07) is 8.69. The lowest BCUT2D eigenvalue weighted by atomic mass is 10.0. The molecule has 0 saturated heterocycles. The second-order valence-corrected chi connectivity index (χ2v) is 5.28. The minimum absolute atomic E-state index is 1.08. The van der Waals surface area contributed by atoms with Crippen molar-refractivity contribution in [3.63, 3.8) is 0 Å². The zero-order valence-electron chi connectivity index (χ0n) is 8.73. The summed E-state index contributed by atoms with van der Waals surface area (Å²) in [5.74, 6) is 0. The minimum atomic E-state index is 1.08. The number of rotatable bonds is 0. The molecule has 0 N–H and O–H groups in total. The molecule has 0 aliphatic heterocycles. The molecule has 0 spiro atoms. The van der Waals surface area contributed by atoms with E-state index < -0.39 is 0 Å². The van der Waals surface area contributed by atoms with E-state index >= 15 is 0 Å². The van der Waals surface area contributed by atoms with Crippen molar-refractivity contribution >= 4 is 33.1 Å². The van der Waals surface area contributed by atoms with Gasteiger partial charge in [0.15, 0.2) is 0 Å². The van der Waals surface area contributed by atoms with Gasteiger partial charge in [0.05, 0.1) is 0 Å². The van der Waals surface area contributed by atoms with Crippen LogP contribution >= 0.6 is 11.3 Å². The highest BCUT2D eigenvalue weighted by Gasteiger charge is 2.23. The van der Waals surface area contributed by atoms with Crippen LogP contribution in [0.15, 0.2) is 48.1 Å². The Bertz CT molecular complexity index is 681. The third-order valence-electron chi connectivity index (χ3n) is 3.28.